The van der Waals surface area contributed by atoms with Crippen molar-refractivity contribution in [2.75, 3.05) is 11.5 Å². The minimum Gasteiger partial charge on any atom is -0.236 e. The summed E-state index contributed by atoms with van der Waals surface area (Å²) in [5.41, 5.74) is 6.49. The lowest BCUT2D eigenvalue weighted by Gasteiger charge is -2.05. The lowest BCUT2D eigenvalue weighted by atomic mass is 10.1. The van der Waals surface area contributed by atoms with Crippen LogP contribution < -0.4 is 0 Å². The third kappa shape index (κ3) is 6.46. The van der Waals surface area contributed by atoms with Gasteiger partial charge in [-0.25, -0.2) is 19.3 Å². The highest BCUT2D eigenvalue weighted by molar-refractivity contribution is 7.99. The lowest BCUT2D eigenvalue weighted by molar-refractivity contribution is 0.619. The summed E-state index contributed by atoms with van der Waals surface area (Å²) in [7, 11) is 0. The summed E-state index contributed by atoms with van der Waals surface area (Å²) in [5.74, 6) is 3.29. The first-order valence-corrected chi connectivity index (χ1v) is 15.3. The molecule has 5 aromatic rings. The number of hydrogen-bond donors (Lipinski definition) is 0. The van der Waals surface area contributed by atoms with Gasteiger partial charge < -0.3 is 0 Å². The molecule has 202 valence electrons. The highest BCUT2D eigenvalue weighted by Crippen LogP contribution is 2.27. The number of benzene rings is 3. The predicted molar refractivity (Wildman–Crippen MR) is 169 cm³/mol. The number of thioether (sulfide) groups is 2. The van der Waals surface area contributed by atoms with E-state index in [1.54, 1.807) is 23.5 Å². The van der Waals surface area contributed by atoms with Crippen molar-refractivity contribution in [3.05, 3.63) is 108 Å². The average molecular weight is 565 g/mol. The minimum atomic E-state index is 0.667. The molecule has 2 heterocycles. The van der Waals surface area contributed by atoms with Crippen molar-refractivity contribution >= 4 is 35.7 Å². The van der Waals surface area contributed by atoms with E-state index in [1.807, 2.05) is 21.5 Å². The van der Waals surface area contributed by atoms with E-state index in [4.69, 9.17) is 20.2 Å². The fourth-order valence-corrected chi connectivity index (χ4v) is 5.54. The summed E-state index contributed by atoms with van der Waals surface area (Å²) < 4.78 is 3.97. The zero-order valence-electron chi connectivity index (χ0n) is 22.8. The Morgan fingerprint density at radius 2 is 0.975 bits per heavy atom. The second kappa shape index (κ2) is 13.0. The molecule has 0 aliphatic rings. The molecule has 3 aromatic carbocycles. The average Bonchev–Trinajstić information content (AvgIpc) is 3.58. The van der Waals surface area contributed by atoms with Crippen molar-refractivity contribution < 1.29 is 0 Å². The Hall–Kier alpha value is -3.88. The van der Waals surface area contributed by atoms with E-state index in [-0.39, 0.29) is 0 Å². The standard InChI is InChI=1S/C32H32N6S2/c1-5-23-9-13-25(14-10-23)21-37-31(39-7-3)33-29(35-37)27-17-19-28(20-18-27)30-34-32(40-8-4)38(36-30)22-26-15-11-24(6-2)12-16-26/h5-6,9-20H,1-2,7-8,21-22H2,3-4H3. The second-order valence-corrected chi connectivity index (χ2v) is 11.5. The Balaban J connectivity index is 1.37. The van der Waals surface area contributed by atoms with Gasteiger partial charge in [-0.15, -0.1) is 10.2 Å². The van der Waals surface area contributed by atoms with Crippen molar-refractivity contribution in [2.45, 2.75) is 37.2 Å². The Morgan fingerprint density at radius 1 is 0.600 bits per heavy atom. The number of hydrogen-bond acceptors (Lipinski definition) is 6. The molecule has 8 heteroatoms. The zero-order valence-corrected chi connectivity index (χ0v) is 24.5. The molecule has 0 aliphatic carbocycles. The van der Waals surface area contributed by atoms with Crippen LogP contribution in [0.25, 0.3) is 34.9 Å². The topological polar surface area (TPSA) is 61.4 Å². The Morgan fingerprint density at radius 3 is 1.30 bits per heavy atom. The quantitative estimate of drug-likeness (QED) is 0.144. The van der Waals surface area contributed by atoms with Gasteiger partial charge >= 0.3 is 0 Å². The van der Waals surface area contributed by atoms with E-state index in [0.29, 0.717) is 24.7 Å². The van der Waals surface area contributed by atoms with E-state index in [9.17, 15) is 0 Å². The molecule has 6 nitrogen and oxygen atoms in total. The van der Waals surface area contributed by atoms with E-state index in [1.165, 1.54) is 11.1 Å². The molecule has 5 rings (SSSR count). The molecule has 0 aliphatic heterocycles. The first-order chi connectivity index (χ1) is 19.6. The third-order valence-electron chi connectivity index (χ3n) is 6.32. The Labute approximate surface area is 244 Å². The number of rotatable bonds is 12. The first-order valence-electron chi connectivity index (χ1n) is 13.3. The number of aromatic nitrogens is 6. The summed E-state index contributed by atoms with van der Waals surface area (Å²) in [6.45, 7) is 13.3. The van der Waals surface area contributed by atoms with E-state index in [0.717, 1.165) is 44.1 Å². The van der Waals surface area contributed by atoms with Crippen LogP contribution in [0.1, 0.15) is 36.1 Å². The molecule has 0 atom stereocenters. The molecule has 0 amide bonds. The van der Waals surface area contributed by atoms with Crippen LogP contribution in [-0.4, -0.2) is 41.0 Å². The van der Waals surface area contributed by atoms with Gasteiger partial charge in [0.05, 0.1) is 13.1 Å². The van der Waals surface area contributed by atoms with Crippen LogP contribution in [0.15, 0.2) is 96.3 Å². The van der Waals surface area contributed by atoms with Gasteiger partial charge in [-0.3, -0.25) is 0 Å². The molecule has 0 fully saturated rings. The molecule has 40 heavy (non-hydrogen) atoms. The van der Waals surface area contributed by atoms with Crippen molar-refractivity contribution in [1.29, 1.82) is 0 Å². The van der Waals surface area contributed by atoms with Crippen LogP contribution in [0.5, 0.6) is 0 Å². The molecule has 0 unspecified atom stereocenters. The maximum atomic E-state index is 4.86. The van der Waals surface area contributed by atoms with Gasteiger partial charge in [0.2, 0.25) is 0 Å². The van der Waals surface area contributed by atoms with Gasteiger partial charge in [-0.05, 0) is 33.8 Å². The summed E-state index contributed by atoms with van der Waals surface area (Å²) in [5, 5.41) is 11.5. The van der Waals surface area contributed by atoms with Crippen molar-refractivity contribution in [3.8, 4) is 22.8 Å². The van der Waals surface area contributed by atoms with Crippen LogP contribution in [-0.2, 0) is 13.1 Å². The molecule has 0 bridgehead atoms. The maximum absolute atomic E-state index is 4.86. The smallest absolute Gasteiger partial charge is 0.186 e. The number of nitrogens with zero attached hydrogens (tertiary/aromatic N) is 6. The molecule has 2 aromatic heterocycles. The summed E-state index contributed by atoms with van der Waals surface area (Å²) in [6.07, 6.45) is 3.70. The van der Waals surface area contributed by atoms with Crippen molar-refractivity contribution in [3.63, 3.8) is 0 Å². The fraction of sp³-hybridized carbons (Fsp3) is 0.188. The van der Waals surface area contributed by atoms with Gasteiger partial charge in [0.1, 0.15) is 0 Å². The minimum absolute atomic E-state index is 0.667. The molecular formula is C32H32N6S2. The van der Waals surface area contributed by atoms with Crippen LogP contribution >= 0.6 is 23.5 Å². The first kappa shape index (κ1) is 27.7. The van der Waals surface area contributed by atoms with Crippen molar-refractivity contribution in [1.82, 2.24) is 29.5 Å². The molecule has 0 saturated heterocycles. The van der Waals surface area contributed by atoms with Crippen LogP contribution in [0.2, 0.25) is 0 Å². The fourth-order valence-electron chi connectivity index (χ4n) is 4.21. The summed E-state index contributed by atoms with van der Waals surface area (Å²) in [4.78, 5) is 9.72. The van der Waals surface area contributed by atoms with Gasteiger partial charge in [-0.1, -0.05) is 135 Å². The van der Waals surface area contributed by atoms with Gasteiger partial charge in [0, 0.05) is 11.1 Å². The predicted octanol–water partition coefficient (Wildman–Crippen LogP) is 7.81. The lowest BCUT2D eigenvalue weighted by Crippen LogP contribution is -2.04. The van der Waals surface area contributed by atoms with Crippen LogP contribution in [0.3, 0.4) is 0 Å². The van der Waals surface area contributed by atoms with E-state index < -0.39 is 0 Å². The second-order valence-electron chi connectivity index (χ2n) is 9.09. The van der Waals surface area contributed by atoms with Gasteiger partial charge in [0.15, 0.2) is 22.0 Å². The van der Waals surface area contributed by atoms with Crippen LogP contribution in [0.4, 0.5) is 0 Å². The SMILES string of the molecule is C=Cc1ccc(Cn2nc(-c3ccc(-c4nc(SCC)n(Cc5ccc(C=C)cc5)n4)cc3)nc2SCC)cc1. The normalized spacial score (nSPS) is 11.1. The Bertz CT molecular complexity index is 1460. The molecule has 0 N–H and O–H groups in total. The maximum Gasteiger partial charge on any atom is 0.186 e. The van der Waals surface area contributed by atoms with Crippen molar-refractivity contribution in [2.24, 2.45) is 0 Å². The van der Waals surface area contributed by atoms with E-state index in [2.05, 4.69) is 99.8 Å². The molecular weight excluding hydrogens is 533 g/mol. The zero-order chi connectivity index (χ0) is 27.9. The van der Waals surface area contributed by atoms with Gasteiger partial charge in [-0.2, -0.15) is 0 Å². The third-order valence-corrected chi connectivity index (χ3v) is 8.02. The van der Waals surface area contributed by atoms with Crippen LogP contribution in [0, 0.1) is 0 Å². The molecule has 0 radical (unpaired) electrons. The van der Waals surface area contributed by atoms with E-state index >= 15 is 0 Å². The largest absolute Gasteiger partial charge is 0.236 e. The van der Waals surface area contributed by atoms with Gasteiger partial charge in [0.25, 0.3) is 0 Å². The summed E-state index contributed by atoms with van der Waals surface area (Å²) >= 11 is 3.40. The molecule has 0 spiro atoms. The monoisotopic (exact) mass is 564 g/mol. The summed E-state index contributed by atoms with van der Waals surface area (Å²) in [6, 6.07) is 24.9. The highest BCUT2D eigenvalue weighted by atomic mass is 32.2. The Kier molecular flexibility index (Phi) is 8.98. The highest BCUT2D eigenvalue weighted by Gasteiger charge is 2.15. The molecule has 0 saturated carbocycles.